The summed E-state index contributed by atoms with van der Waals surface area (Å²) in [4.78, 5) is 25.0. The molecule has 160 valence electrons. The van der Waals surface area contributed by atoms with Crippen LogP contribution >= 0.6 is 0 Å². The predicted octanol–water partition coefficient (Wildman–Crippen LogP) is 2.25. The Labute approximate surface area is 175 Å². The van der Waals surface area contributed by atoms with Gasteiger partial charge in [0.25, 0.3) is 0 Å². The van der Waals surface area contributed by atoms with Crippen LogP contribution in [-0.4, -0.2) is 68.1 Å². The van der Waals surface area contributed by atoms with Gasteiger partial charge in [0.05, 0.1) is 0 Å². The van der Waals surface area contributed by atoms with E-state index < -0.39 is 0 Å². The molecule has 29 heavy (non-hydrogen) atoms. The van der Waals surface area contributed by atoms with Gasteiger partial charge in [0, 0.05) is 46.0 Å². The topological polar surface area (TPSA) is 72.9 Å². The Morgan fingerprint density at radius 1 is 1.17 bits per heavy atom. The van der Waals surface area contributed by atoms with Gasteiger partial charge in [-0.15, -0.1) is 0 Å². The first-order valence-corrected chi connectivity index (χ1v) is 11.0. The maximum absolute atomic E-state index is 12.0. The van der Waals surface area contributed by atoms with Gasteiger partial charge in [0.15, 0.2) is 5.96 Å². The molecule has 1 aromatic heterocycles. The highest BCUT2D eigenvalue weighted by Gasteiger charge is 2.21. The van der Waals surface area contributed by atoms with Gasteiger partial charge < -0.3 is 20.4 Å². The molecule has 7 heteroatoms. The second kappa shape index (κ2) is 11.0. The lowest BCUT2D eigenvalue weighted by atomic mass is 9.89. The van der Waals surface area contributed by atoms with E-state index in [0.29, 0.717) is 12.0 Å². The lowest BCUT2D eigenvalue weighted by Crippen LogP contribution is -2.50. The third-order valence-corrected chi connectivity index (χ3v) is 5.96. The smallest absolute Gasteiger partial charge is 0.243 e. The van der Waals surface area contributed by atoms with Crippen LogP contribution in [0.15, 0.2) is 29.4 Å². The summed E-state index contributed by atoms with van der Waals surface area (Å²) in [6.45, 7) is 3.07. The number of pyridine rings is 1. The minimum Gasteiger partial charge on any atom is -0.356 e. The number of aromatic nitrogens is 1. The molecule has 2 fully saturated rings. The van der Waals surface area contributed by atoms with E-state index >= 15 is 0 Å². The largest absolute Gasteiger partial charge is 0.356 e. The summed E-state index contributed by atoms with van der Waals surface area (Å²) in [7, 11) is 3.54. The highest BCUT2D eigenvalue weighted by atomic mass is 16.2. The standard InChI is InChI=1S/C22H36N6O/c1-27(2)21(29)17-25-22(24-16-18-8-4-3-5-9-18)26-19-11-14-28(15-12-19)20-10-6-7-13-23-20/h6-7,10,13,18-19H,3-5,8-9,11-12,14-17H2,1-2H3,(H2,24,25,26). The molecular formula is C22H36N6O. The number of amides is 1. The van der Waals surface area contributed by atoms with Gasteiger partial charge in [-0.3, -0.25) is 4.79 Å². The van der Waals surface area contributed by atoms with Crippen molar-refractivity contribution in [1.29, 1.82) is 0 Å². The Hall–Kier alpha value is -2.31. The lowest BCUT2D eigenvalue weighted by molar-refractivity contribution is -0.127. The molecule has 2 heterocycles. The molecule has 2 N–H and O–H groups in total. The zero-order valence-corrected chi connectivity index (χ0v) is 17.9. The molecule has 1 aliphatic heterocycles. The summed E-state index contributed by atoms with van der Waals surface area (Å²) in [5.41, 5.74) is 0. The number of aliphatic imine (C=N–C) groups is 1. The fourth-order valence-electron chi connectivity index (χ4n) is 4.06. The quantitative estimate of drug-likeness (QED) is 0.566. The highest BCUT2D eigenvalue weighted by molar-refractivity contribution is 5.85. The molecular weight excluding hydrogens is 364 g/mol. The summed E-state index contributed by atoms with van der Waals surface area (Å²) in [5, 5.41) is 7.10. The van der Waals surface area contributed by atoms with Crippen molar-refractivity contribution in [2.24, 2.45) is 10.9 Å². The van der Waals surface area contributed by atoms with Crippen molar-refractivity contribution in [1.82, 2.24) is 20.5 Å². The van der Waals surface area contributed by atoms with E-state index in [1.165, 1.54) is 32.1 Å². The molecule has 0 bridgehead atoms. The van der Waals surface area contributed by atoms with Gasteiger partial charge >= 0.3 is 0 Å². The van der Waals surface area contributed by atoms with Crippen LogP contribution in [0, 0.1) is 5.92 Å². The molecule has 7 nitrogen and oxygen atoms in total. The van der Waals surface area contributed by atoms with E-state index in [-0.39, 0.29) is 12.5 Å². The minimum atomic E-state index is 0.0220. The van der Waals surface area contributed by atoms with Gasteiger partial charge in [0.2, 0.25) is 5.91 Å². The molecule has 0 radical (unpaired) electrons. The molecule has 3 rings (SSSR count). The maximum atomic E-state index is 12.0. The van der Waals surface area contributed by atoms with Gasteiger partial charge in [-0.2, -0.15) is 0 Å². The van der Waals surface area contributed by atoms with E-state index in [9.17, 15) is 4.79 Å². The Morgan fingerprint density at radius 3 is 2.59 bits per heavy atom. The first-order chi connectivity index (χ1) is 14.1. The molecule has 1 aromatic rings. The molecule has 0 atom stereocenters. The lowest BCUT2D eigenvalue weighted by Gasteiger charge is -2.34. The third-order valence-electron chi connectivity index (χ3n) is 5.96. The van der Waals surface area contributed by atoms with Crippen molar-refractivity contribution in [2.75, 3.05) is 45.2 Å². The maximum Gasteiger partial charge on any atom is 0.243 e. The SMILES string of the molecule is CN(C)C(=O)CN=C(NCC1CCCCC1)NC1CCN(c2ccccn2)CC1. The van der Waals surface area contributed by atoms with Gasteiger partial charge in [-0.05, 0) is 43.7 Å². The molecule has 0 aromatic carbocycles. The second-order valence-electron chi connectivity index (χ2n) is 8.43. The summed E-state index contributed by atoms with van der Waals surface area (Å²) in [6.07, 6.45) is 10.5. The number of nitrogens with zero attached hydrogens (tertiary/aromatic N) is 4. The van der Waals surface area contributed by atoms with Crippen LogP contribution in [0.1, 0.15) is 44.9 Å². The van der Waals surface area contributed by atoms with Crippen LogP contribution in [-0.2, 0) is 4.79 Å². The number of carbonyl (C=O) groups is 1. The Balaban J connectivity index is 1.52. The molecule has 0 spiro atoms. The van der Waals surface area contributed by atoms with E-state index in [4.69, 9.17) is 0 Å². The fourth-order valence-corrected chi connectivity index (χ4v) is 4.06. The van der Waals surface area contributed by atoms with Crippen LogP contribution in [0.4, 0.5) is 5.82 Å². The second-order valence-corrected chi connectivity index (χ2v) is 8.43. The van der Waals surface area contributed by atoms with Crippen LogP contribution < -0.4 is 15.5 Å². The van der Waals surface area contributed by atoms with E-state index in [2.05, 4.69) is 31.6 Å². The molecule has 1 amide bonds. The summed E-state index contributed by atoms with van der Waals surface area (Å²) >= 11 is 0. The number of hydrogen-bond donors (Lipinski definition) is 2. The minimum absolute atomic E-state index is 0.0220. The number of guanidine groups is 1. The summed E-state index contributed by atoms with van der Waals surface area (Å²) in [5.74, 6) is 2.56. The van der Waals surface area contributed by atoms with Crippen molar-refractivity contribution < 1.29 is 4.79 Å². The summed E-state index contributed by atoms with van der Waals surface area (Å²) in [6, 6.07) is 6.42. The molecule has 1 aliphatic carbocycles. The van der Waals surface area contributed by atoms with Gasteiger partial charge in [-0.1, -0.05) is 25.3 Å². The number of carbonyl (C=O) groups excluding carboxylic acids is 1. The van der Waals surface area contributed by atoms with Crippen molar-refractivity contribution >= 4 is 17.7 Å². The number of rotatable bonds is 6. The average Bonchev–Trinajstić information content (AvgIpc) is 2.77. The Morgan fingerprint density at radius 2 is 1.93 bits per heavy atom. The zero-order valence-electron chi connectivity index (χ0n) is 17.9. The number of hydrogen-bond acceptors (Lipinski definition) is 4. The number of piperidine rings is 1. The van der Waals surface area contributed by atoms with Crippen LogP contribution in [0.5, 0.6) is 0 Å². The number of nitrogens with one attached hydrogen (secondary N) is 2. The predicted molar refractivity (Wildman–Crippen MR) is 118 cm³/mol. The molecule has 1 saturated carbocycles. The van der Waals surface area contributed by atoms with Crippen molar-refractivity contribution in [3.63, 3.8) is 0 Å². The van der Waals surface area contributed by atoms with Gasteiger partial charge in [0.1, 0.15) is 12.4 Å². The van der Waals surface area contributed by atoms with Crippen molar-refractivity contribution in [2.45, 2.75) is 51.0 Å². The third kappa shape index (κ3) is 6.91. The normalized spacial score (nSPS) is 19.1. The molecule has 0 unspecified atom stereocenters. The summed E-state index contributed by atoms with van der Waals surface area (Å²) < 4.78 is 0. The van der Waals surface area contributed by atoms with Crippen molar-refractivity contribution in [3.05, 3.63) is 24.4 Å². The first-order valence-electron chi connectivity index (χ1n) is 11.0. The Kier molecular flexibility index (Phi) is 8.14. The van der Waals surface area contributed by atoms with E-state index in [0.717, 1.165) is 44.3 Å². The van der Waals surface area contributed by atoms with Gasteiger partial charge in [-0.25, -0.2) is 9.98 Å². The van der Waals surface area contributed by atoms with Crippen LogP contribution in [0.3, 0.4) is 0 Å². The highest BCUT2D eigenvalue weighted by Crippen LogP contribution is 2.22. The monoisotopic (exact) mass is 400 g/mol. The van der Waals surface area contributed by atoms with E-state index in [1.54, 1.807) is 19.0 Å². The number of likely N-dealkylation sites (N-methyl/N-ethyl adjacent to an activating group) is 1. The zero-order chi connectivity index (χ0) is 20.5. The first kappa shape index (κ1) is 21.4. The molecule has 2 aliphatic rings. The van der Waals surface area contributed by atoms with Crippen LogP contribution in [0.2, 0.25) is 0 Å². The average molecular weight is 401 g/mol. The fraction of sp³-hybridized carbons (Fsp3) is 0.682. The Bertz CT molecular complexity index is 649. The molecule has 1 saturated heterocycles. The van der Waals surface area contributed by atoms with Crippen molar-refractivity contribution in [3.8, 4) is 0 Å². The van der Waals surface area contributed by atoms with E-state index in [1.807, 2.05) is 18.3 Å². The number of anilines is 1. The van der Waals surface area contributed by atoms with Crippen LogP contribution in [0.25, 0.3) is 0 Å².